The lowest BCUT2D eigenvalue weighted by molar-refractivity contribution is 0.0693. The van der Waals surface area contributed by atoms with E-state index < -0.39 is 5.97 Å². The van der Waals surface area contributed by atoms with Crippen molar-refractivity contribution < 1.29 is 14.6 Å². The maximum absolute atomic E-state index is 11.1. The number of nitrogens with zero attached hydrogens (tertiary/aromatic N) is 1. The minimum absolute atomic E-state index is 0.211. The van der Waals surface area contributed by atoms with E-state index in [4.69, 9.17) is 9.84 Å². The van der Waals surface area contributed by atoms with E-state index >= 15 is 0 Å². The lowest BCUT2D eigenvalue weighted by Gasteiger charge is -2.21. The van der Waals surface area contributed by atoms with Crippen molar-refractivity contribution in [2.75, 3.05) is 7.11 Å². The zero-order chi connectivity index (χ0) is 12.3. The molecule has 0 spiro atoms. The van der Waals surface area contributed by atoms with Crippen LogP contribution in [0.15, 0.2) is 12.3 Å². The number of pyridine rings is 1. The molecule has 1 saturated carbocycles. The Morgan fingerprint density at radius 1 is 1.41 bits per heavy atom. The van der Waals surface area contributed by atoms with Crippen LogP contribution in [0, 0.1) is 0 Å². The first-order valence-electron chi connectivity index (χ1n) is 5.99. The molecule has 1 N–H and O–H groups in total. The molecule has 0 amide bonds. The first-order chi connectivity index (χ1) is 8.22. The topological polar surface area (TPSA) is 59.4 Å². The molecule has 1 aromatic heterocycles. The molecule has 0 saturated heterocycles. The second-order valence-corrected chi connectivity index (χ2v) is 4.45. The lowest BCUT2D eigenvalue weighted by atomic mass is 9.86. The van der Waals surface area contributed by atoms with Crippen LogP contribution in [-0.2, 0) is 0 Å². The summed E-state index contributed by atoms with van der Waals surface area (Å²) in [6.45, 7) is 0. The number of aromatic carboxylic acids is 1. The third-order valence-corrected chi connectivity index (χ3v) is 3.36. The molecule has 92 valence electrons. The maximum Gasteiger partial charge on any atom is 0.339 e. The van der Waals surface area contributed by atoms with E-state index in [1.54, 1.807) is 6.07 Å². The van der Waals surface area contributed by atoms with E-state index in [-0.39, 0.29) is 5.56 Å². The molecule has 0 radical (unpaired) electrons. The Balaban J connectivity index is 2.29. The van der Waals surface area contributed by atoms with Crippen molar-refractivity contribution >= 4 is 5.97 Å². The summed E-state index contributed by atoms with van der Waals surface area (Å²) in [6, 6.07) is 1.66. The van der Waals surface area contributed by atoms with Crippen LogP contribution in [0.3, 0.4) is 0 Å². The van der Waals surface area contributed by atoms with Crippen LogP contribution in [-0.4, -0.2) is 23.2 Å². The fourth-order valence-electron chi connectivity index (χ4n) is 2.41. The number of methoxy groups -OCH3 is 1. The Bertz CT molecular complexity index is 411. The molecule has 1 aromatic rings. The number of rotatable bonds is 3. The summed E-state index contributed by atoms with van der Waals surface area (Å²) in [5.74, 6) is -0.217. The van der Waals surface area contributed by atoms with Crippen LogP contribution >= 0.6 is 0 Å². The molecule has 17 heavy (non-hydrogen) atoms. The maximum atomic E-state index is 11.1. The standard InChI is InChI=1S/C13H17NO3/c1-17-12-8-14-11(7-10(12)13(15)16)9-5-3-2-4-6-9/h7-9H,2-6H2,1H3,(H,15,16). The highest BCUT2D eigenvalue weighted by Crippen LogP contribution is 2.33. The van der Waals surface area contributed by atoms with Gasteiger partial charge in [-0.15, -0.1) is 0 Å². The van der Waals surface area contributed by atoms with Crippen LogP contribution in [0.4, 0.5) is 0 Å². The summed E-state index contributed by atoms with van der Waals surface area (Å²) in [6.07, 6.45) is 7.43. The van der Waals surface area contributed by atoms with Gasteiger partial charge in [0.1, 0.15) is 5.56 Å². The van der Waals surface area contributed by atoms with Crippen LogP contribution in [0.25, 0.3) is 0 Å². The largest absolute Gasteiger partial charge is 0.494 e. The van der Waals surface area contributed by atoms with E-state index in [2.05, 4.69) is 4.98 Å². The highest BCUT2D eigenvalue weighted by Gasteiger charge is 2.20. The third kappa shape index (κ3) is 2.57. The normalized spacial score (nSPS) is 16.8. The van der Waals surface area contributed by atoms with E-state index in [9.17, 15) is 4.79 Å². The van der Waals surface area contributed by atoms with Crippen molar-refractivity contribution in [2.24, 2.45) is 0 Å². The van der Waals surface area contributed by atoms with Crippen molar-refractivity contribution in [1.82, 2.24) is 4.98 Å². The molecule has 1 fully saturated rings. The van der Waals surface area contributed by atoms with E-state index in [1.807, 2.05) is 0 Å². The zero-order valence-corrected chi connectivity index (χ0v) is 9.98. The van der Waals surface area contributed by atoms with Gasteiger partial charge >= 0.3 is 5.97 Å². The van der Waals surface area contributed by atoms with Gasteiger partial charge in [-0.2, -0.15) is 0 Å². The van der Waals surface area contributed by atoms with Gasteiger partial charge in [-0.05, 0) is 18.9 Å². The highest BCUT2D eigenvalue weighted by atomic mass is 16.5. The predicted molar refractivity (Wildman–Crippen MR) is 63.6 cm³/mol. The first-order valence-corrected chi connectivity index (χ1v) is 5.99. The molecule has 1 aliphatic rings. The molecule has 0 unspecified atom stereocenters. The fraction of sp³-hybridized carbons (Fsp3) is 0.538. The van der Waals surface area contributed by atoms with Gasteiger partial charge in [0.25, 0.3) is 0 Å². The van der Waals surface area contributed by atoms with Crippen LogP contribution in [0.1, 0.15) is 54.1 Å². The van der Waals surface area contributed by atoms with Crippen molar-refractivity contribution in [3.8, 4) is 5.75 Å². The van der Waals surface area contributed by atoms with Crippen molar-refractivity contribution in [3.63, 3.8) is 0 Å². The SMILES string of the molecule is COc1cnc(C2CCCCC2)cc1C(=O)O. The quantitative estimate of drug-likeness (QED) is 0.875. The van der Waals surface area contributed by atoms with Gasteiger partial charge in [0, 0.05) is 11.6 Å². The minimum Gasteiger partial charge on any atom is -0.494 e. The molecule has 1 aliphatic carbocycles. The fourth-order valence-corrected chi connectivity index (χ4v) is 2.41. The number of aromatic nitrogens is 1. The number of hydrogen-bond acceptors (Lipinski definition) is 3. The lowest BCUT2D eigenvalue weighted by Crippen LogP contribution is -2.09. The van der Waals surface area contributed by atoms with Crippen molar-refractivity contribution in [1.29, 1.82) is 0 Å². The summed E-state index contributed by atoms with van der Waals surface area (Å²) in [5.41, 5.74) is 1.10. The van der Waals surface area contributed by atoms with Gasteiger partial charge in [0.15, 0.2) is 5.75 Å². The number of carbonyl (C=O) groups is 1. The summed E-state index contributed by atoms with van der Waals surface area (Å²) < 4.78 is 5.01. The number of carboxylic acids is 1. The van der Waals surface area contributed by atoms with E-state index in [1.165, 1.54) is 32.6 Å². The molecular weight excluding hydrogens is 218 g/mol. The van der Waals surface area contributed by atoms with Gasteiger partial charge in [0.2, 0.25) is 0 Å². The Hall–Kier alpha value is -1.58. The van der Waals surface area contributed by atoms with Crippen LogP contribution < -0.4 is 4.74 Å². The second-order valence-electron chi connectivity index (χ2n) is 4.45. The van der Waals surface area contributed by atoms with E-state index in [0.717, 1.165) is 18.5 Å². The average Bonchev–Trinajstić information content (AvgIpc) is 2.39. The monoisotopic (exact) mass is 235 g/mol. The molecule has 2 rings (SSSR count). The zero-order valence-electron chi connectivity index (χ0n) is 9.98. The van der Waals surface area contributed by atoms with Gasteiger partial charge in [-0.1, -0.05) is 19.3 Å². The summed E-state index contributed by atoms with van der Waals surface area (Å²) in [4.78, 5) is 15.4. The van der Waals surface area contributed by atoms with Gasteiger partial charge in [-0.25, -0.2) is 4.79 Å². The van der Waals surface area contributed by atoms with Gasteiger partial charge in [-0.3, -0.25) is 4.98 Å². The molecule has 0 aromatic carbocycles. The Kier molecular flexibility index (Phi) is 3.61. The molecule has 1 heterocycles. The smallest absolute Gasteiger partial charge is 0.339 e. The molecule has 0 aliphatic heterocycles. The molecule has 0 bridgehead atoms. The Morgan fingerprint density at radius 2 is 2.12 bits per heavy atom. The summed E-state index contributed by atoms with van der Waals surface area (Å²) in [5, 5.41) is 9.11. The summed E-state index contributed by atoms with van der Waals surface area (Å²) >= 11 is 0. The Labute approximate surface area is 101 Å². The van der Waals surface area contributed by atoms with Crippen molar-refractivity contribution in [2.45, 2.75) is 38.0 Å². The average molecular weight is 235 g/mol. The minimum atomic E-state index is -0.957. The van der Waals surface area contributed by atoms with Crippen molar-refractivity contribution in [3.05, 3.63) is 23.5 Å². The molecular formula is C13H17NO3. The third-order valence-electron chi connectivity index (χ3n) is 3.36. The van der Waals surface area contributed by atoms with Crippen LogP contribution in [0.2, 0.25) is 0 Å². The number of ether oxygens (including phenoxy) is 1. The van der Waals surface area contributed by atoms with Gasteiger partial charge < -0.3 is 9.84 Å². The van der Waals surface area contributed by atoms with Crippen LogP contribution in [0.5, 0.6) is 5.75 Å². The highest BCUT2D eigenvalue weighted by molar-refractivity contribution is 5.90. The van der Waals surface area contributed by atoms with Gasteiger partial charge in [0.05, 0.1) is 13.3 Å². The summed E-state index contributed by atoms with van der Waals surface area (Å²) in [7, 11) is 1.46. The molecule has 4 nitrogen and oxygen atoms in total. The predicted octanol–water partition coefficient (Wildman–Crippen LogP) is 2.84. The second kappa shape index (κ2) is 5.17. The van der Waals surface area contributed by atoms with E-state index in [0.29, 0.717) is 11.7 Å². The Morgan fingerprint density at radius 3 is 2.71 bits per heavy atom. The number of hydrogen-bond donors (Lipinski definition) is 1. The first kappa shape index (κ1) is 11.9. The number of carboxylic acid groups (broad SMARTS) is 1. The molecule has 4 heteroatoms. The molecule has 0 atom stereocenters.